The number of hydrogen-bond acceptors (Lipinski definition) is 4. The number of guanidine groups is 1. The molecule has 152 valence electrons. The zero-order valence-electron chi connectivity index (χ0n) is 17.2. The maximum atomic E-state index is 11.6. The molecule has 1 amide bonds. The summed E-state index contributed by atoms with van der Waals surface area (Å²) in [6, 6.07) is 8.05. The summed E-state index contributed by atoms with van der Waals surface area (Å²) in [5.41, 5.74) is 0.759. The smallest absolute Gasteiger partial charge is 0.407 e. The molecule has 7 heteroatoms. The van der Waals surface area contributed by atoms with Gasteiger partial charge in [-0.3, -0.25) is 4.99 Å². The van der Waals surface area contributed by atoms with E-state index in [2.05, 4.69) is 33.1 Å². The van der Waals surface area contributed by atoms with Crippen LogP contribution >= 0.6 is 0 Å². The summed E-state index contributed by atoms with van der Waals surface area (Å²) in [7, 11) is 1.67. The molecule has 0 aliphatic carbocycles. The number of amides is 1. The van der Waals surface area contributed by atoms with Gasteiger partial charge in [0.25, 0.3) is 0 Å². The highest BCUT2D eigenvalue weighted by atomic mass is 16.6. The van der Waals surface area contributed by atoms with Crippen LogP contribution in [0.25, 0.3) is 0 Å². The van der Waals surface area contributed by atoms with Gasteiger partial charge in [0.2, 0.25) is 0 Å². The van der Waals surface area contributed by atoms with Gasteiger partial charge in [-0.05, 0) is 58.2 Å². The van der Waals surface area contributed by atoms with Crippen molar-refractivity contribution in [3.05, 3.63) is 29.8 Å². The number of carbonyl (C=O) groups is 1. The van der Waals surface area contributed by atoms with E-state index in [0.29, 0.717) is 13.1 Å². The van der Waals surface area contributed by atoms with Crippen LogP contribution in [-0.4, -0.2) is 50.9 Å². The maximum Gasteiger partial charge on any atom is 0.407 e. The van der Waals surface area contributed by atoms with Crippen molar-refractivity contribution in [1.82, 2.24) is 16.0 Å². The van der Waals surface area contributed by atoms with E-state index in [9.17, 15) is 4.79 Å². The fraction of sp³-hybridized carbons (Fsp3) is 0.600. The first-order chi connectivity index (χ1) is 12.8. The van der Waals surface area contributed by atoms with Crippen molar-refractivity contribution in [1.29, 1.82) is 0 Å². The quantitative estimate of drug-likeness (QED) is 0.350. The highest BCUT2D eigenvalue weighted by molar-refractivity contribution is 5.79. The molecule has 7 nitrogen and oxygen atoms in total. The fourth-order valence-electron chi connectivity index (χ4n) is 2.23. The zero-order chi connectivity index (χ0) is 20.1. The molecular weight excluding hydrogens is 344 g/mol. The summed E-state index contributed by atoms with van der Waals surface area (Å²) in [6.45, 7) is 10.3. The number of carbonyl (C=O) groups excluding carboxylic acids is 1. The van der Waals surface area contributed by atoms with E-state index in [0.717, 1.165) is 37.6 Å². The van der Waals surface area contributed by atoms with Gasteiger partial charge in [0, 0.05) is 26.2 Å². The van der Waals surface area contributed by atoms with Crippen LogP contribution in [0.15, 0.2) is 29.3 Å². The summed E-state index contributed by atoms with van der Waals surface area (Å²) < 4.78 is 10.4. The fourth-order valence-corrected chi connectivity index (χ4v) is 2.23. The zero-order valence-corrected chi connectivity index (χ0v) is 17.2. The Balaban J connectivity index is 2.29. The van der Waals surface area contributed by atoms with Gasteiger partial charge in [0.1, 0.15) is 11.4 Å². The van der Waals surface area contributed by atoms with Crippen LogP contribution in [0, 0.1) is 0 Å². The molecule has 0 heterocycles. The Bertz CT molecular complexity index is 580. The number of benzene rings is 1. The van der Waals surface area contributed by atoms with Crippen LogP contribution in [0.3, 0.4) is 0 Å². The van der Waals surface area contributed by atoms with Crippen molar-refractivity contribution < 1.29 is 14.3 Å². The monoisotopic (exact) mass is 378 g/mol. The van der Waals surface area contributed by atoms with E-state index >= 15 is 0 Å². The Hall–Kier alpha value is -2.44. The third kappa shape index (κ3) is 11.0. The Morgan fingerprint density at radius 1 is 1.07 bits per heavy atom. The molecule has 0 saturated carbocycles. The highest BCUT2D eigenvalue weighted by Crippen LogP contribution is 2.11. The minimum atomic E-state index is -0.478. The van der Waals surface area contributed by atoms with Gasteiger partial charge in [-0.2, -0.15) is 0 Å². The molecule has 1 aromatic carbocycles. The van der Waals surface area contributed by atoms with Gasteiger partial charge in [-0.15, -0.1) is 0 Å². The van der Waals surface area contributed by atoms with Crippen LogP contribution in [0.1, 0.15) is 39.7 Å². The second-order valence-corrected chi connectivity index (χ2v) is 7.07. The largest absolute Gasteiger partial charge is 0.497 e. The molecule has 0 atom stereocenters. The molecule has 0 spiro atoms. The lowest BCUT2D eigenvalue weighted by Gasteiger charge is -2.19. The van der Waals surface area contributed by atoms with Gasteiger partial charge in [-0.25, -0.2) is 4.79 Å². The number of hydrogen-bond donors (Lipinski definition) is 3. The Morgan fingerprint density at radius 3 is 2.37 bits per heavy atom. The molecule has 0 aliphatic rings. The summed E-state index contributed by atoms with van der Waals surface area (Å²) in [4.78, 5) is 16.1. The first-order valence-electron chi connectivity index (χ1n) is 9.46. The van der Waals surface area contributed by atoms with Crippen LogP contribution in [0.5, 0.6) is 5.75 Å². The molecule has 0 saturated heterocycles. The summed E-state index contributed by atoms with van der Waals surface area (Å²) in [5, 5.41) is 9.29. The van der Waals surface area contributed by atoms with E-state index < -0.39 is 11.7 Å². The maximum absolute atomic E-state index is 11.6. The van der Waals surface area contributed by atoms with Gasteiger partial charge in [0.05, 0.1) is 7.11 Å². The van der Waals surface area contributed by atoms with Gasteiger partial charge >= 0.3 is 6.09 Å². The number of nitrogens with one attached hydrogen (secondary N) is 3. The summed E-state index contributed by atoms with van der Waals surface area (Å²) >= 11 is 0. The Morgan fingerprint density at radius 2 is 1.78 bits per heavy atom. The number of methoxy groups -OCH3 is 1. The number of ether oxygens (including phenoxy) is 2. The van der Waals surface area contributed by atoms with Crippen LogP contribution < -0.4 is 20.7 Å². The normalized spacial score (nSPS) is 11.7. The number of alkyl carbamates (subject to hydrolysis) is 1. The topological polar surface area (TPSA) is 84.0 Å². The van der Waals surface area contributed by atoms with Crippen LogP contribution in [0.4, 0.5) is 4.79 Å². The second kappa shape index (κ2) is 12.0. The minimum Gasteiger partial charge on any atom is -0.497 e. The molecule has 0 aromatic heterocycles. The van der Waals surface area contributed by atoms with Gasteiger partial charge in [-0.1, -0.05) is 12.1 Å². The van der Waals surface area contributed by atoms with Crippen LogP contribution in [0.2, 0.25) is 0 Å². The molecule has 0 radical (unpaired) electrons. The average Bonchev–Trinajstić information content (AvgIpc) is 2.60. The lowest BCUT2D eigenvalue weighted by molar-refractivity contribution is 0.0527. The molecule has 1 rings (SSSR count). The predicted octanol–water partition coefficient (Wildman–Crippen LogP) is 2.71. The van der Waals surface area contributed by atoms with Crippen molar-refractivity contribution in [3.63, 3.8) is 0 Å². The summed E-state index contributed by atoms with van der Waals surface area (Å²) in [6.07, 6.45) is 1.25. The molecule has 27 heavy (non-hydrogen) atoms. The minimum absolute atomic E-state index is 0.393. The first-order valence-corrected chi connectivity index (χ1v) is 9.46. The van der Waals surface area contributed by atoms with Gasteiger partial charge < -0.3 is 25.4 Å². The molecule has 0 fully saturated rings. The van der Waals surface area contributed by atoms with Crippen molar-refractivity contribution >= 4 is 12.1 Å². The number of aliphatic imine (C=N–C) groups is 1. The third-order valence-electron chi connectivity index (χ3n) is 3.48. The molecular formula is C20H34N4O3. The number of rotatable bonds is 9. The van der Waals surface area contributed by atoms with E-state index in [4.69, 9.17) is 9.47 Å². The van der Waals surface area contributed by atoms with Crippen molar-refractivity contribution in [2.45, 2.75) is 46.1 Å². The lowest BCUT2D eigenvalue weighted by Crippen LogP contribution is -2.38. The Labute approximate surface area is 162 Å². The molecule has 0 unspecified atom stereocenters. The van der Waals surface area contributed by atoms with Gasteiger partial charge in [0.15, 0.2) is 5.96 Å². The standard InChI is InChI=1S/C20H34N4O3/c1-6-21-18(22-13-7-14-24-19(25)27-20(2,3)4)23-15-12-16-8-10-17(26-5)11-9-16/h8-11H,6-7,12-15H2,1-5H3,(H,24,25)(H2,21,22,23). The Kier molecular flexibility index (Phi) is 10.1. The van der Waals surface area contributed by atoms with E-state index in [1.165, 1.54) is 5.56 Å². The molecule has 1 aromatic rings. The van der Waals surface area contributed by atoms with Crippen molar-refractivity contribution in [2.24, 2.45) is 4.99 Å². The number of nitrogens with zero attached hydrogens (tertiary/aromatic N) is 1. The average molecular weight is 379 g/mol. The SMILES string of the molecule is CCNC(=NCCCNC(=O)OC(C)(C)C)NCCc1ccc(OC)cc1. The van der Waals surface area contributed by atoms with E-state index in [1.807, 2.05) is 39.8 Å². The lowest BCUT2D eigenvalue weighted by atomic mass is 10.1. The van der Waals surface area contributed by atoms with E-state index in [1.54, 1.807) is 7.11 Å². The molecule has 0 bridgehead atoms. The van der Waals surface area contributed by atoms with Crippen molar-refractivity contribution in [3.8, 4) is 5.75 Å². The molecule has 3 N–H and O–H groups in total. The highest BCUT2D eigenvalue weighted by Gasteiger charge is 2.15. The van der Waals surface area contributed by atoms with Crippen LogP contribution in [-0.2, 0) is 11.2 Å². The summed E-state index contributed by atoms with van der Waals surface area (Å²) in [5.74, 6) is 1.64. The molecule has 0 aliphatic heterocycles. The second-order valence-electron chi connectivity index (χ2n) is 7.07. The third-order valence-corrected chi connectivity index (χ3v) is 3.48. The first kappa shape index (κ1) is 22.6. The predicted molar refractivity (Wildman–Crippen MR) is 110 cm³/mol. The van der Waals surface area contributed by atoms with E-state index in [-0.39, 0.29) is 0 Å². The van der Waals surface area contributed by atoms with Crippen molar-refractivity contribution in [2.75, 3.05) is 33.3 Å².